The quantitative estimate of drug-likeness (QED) is 0.131. The van der Waals surface area contributed by atoms with Crippen molar-refractivity contribution in [3.05, 3.63) is 214 Å². The number of hydrogen-bond donors (Lipinski definition) is 0. The van der Waals surface area contributed by atoms with E-state index in [0.717, 1.165) is 82.8 Å². The van der Waals surface area contributed by atoms with Gasteiger partial charge in [0.1, 0.15) is 0 Å². The van der Waals surface area contributed by atoms with E-state index < -0.39 is 0 Å². The van der Waals surface area contributed by atoms with E-state index >= 15 is 9.59 Å². The summed E-state index contributed by atoms with van der Waals surface area (Å²) in [4.78, 5) is 30.7. The third-order valence-corrected chi connectivity index (χ3v) is 15.2. The second-order valence-corrected chi connectivity index (χ2v) is 21.3. The van der Waals surface area contributed by atoms with E-state index in [2.05, 4.69) is 230 Å². The van der Waals surface area contributed by atoms with Crippen LogP contribution in [0.15, 0.2) is 192 Å². The van der Waals surface area contributed by atoms with Gasteiger partial charge in [0, 0.05) is 70.9 Å². The van der Waals surface area contributed by atoms with Crippen molar-refractivity contribution in [2.75, 3.05) is 0 Å². The van der Waals surface area contributed by atoms with Crippen molar-refractivity contribution in [2.24, 2.45) is 0 Å². The zero-order valence-electron chi connectivity index (χ0n) is 39.9. The number of benzene rings is 9. The van der Waals surface area contributed by atoms with Gasteiger partial charge in [-0.05, 0) is 107 Å². The van der Waals surface area contributed by atoms with Crippen molar-refractivity contribution in [3.63, 3.8) is 0 Å². The van der Waals surface area contributed by atoms with E-state index in [-0.39, 0.29) is 21.7 Å². The molecule has 0 fully saturated rings. The van der Waals surface area contributed by atoms with E-state index in [9.17, 15) is 0 Å². The van der Waals surface area contributed by atoms with Crippen LogP contribution in [-0.2, 0) is 10.8 Å². The van der Waals surface area contributed by atoms with Crippen LogP contribution in [0.2, 0.25) is 0 Å². The van der Waals surface area contributed by atoms with Crippen LogP contribution in [0.4, 0.5) is 0 Å². The fourth-order valence-corrected chi connectivity index (χ4v) is 11.7. The monoisotopic (exact) mass is 904 g/mol. The minimum Gasteiger partial charge on any atom is -0.309 e. The highest BCUT2D eigenvalue weighted by atomic mass is 16.1. The Bertz CT molecular complexity index is 4530. The van der Waals surface area contributed by atoms with E-state index in [1.165, 1.54) is 21.8 Å². The van der Waals surface area contributed by atoms with Gasteiger partial charge in [0.05, 0.1) is 49.7 Å². The van der Waals surface area contributed by atoms with Crippen LogP contribution in [0.5, 0.6) is 0 Å². The topological polar surface area (TPSA) is 53.3 Å². The molecule has 0 bridgehead atoms. The first kappa shape index (κ1) is 40.6. The molecule has 6 heteroatoms. The molecule has 336 valence electrons. The Balaban J connectivity index is 1.11. The molecule has 0 aliphatic carbocycles. The fourth-order valence-electron chi connectivity index (χ4n) is 11.7. The van der Waals surface area contributed by atoms with Gasteiger partial charge in [-0.2, -0.15) is 0 Å². The van der Waals surface area contributed by atoms with Crippen molar-refractivity contribution in [3.8, 4) is 17.1 Å². The molecule has 0 spiro atoms. The van der Waals surface area contributed by atoms with Gasteiger partial charge >= 0.3 is 0 Å². The summed E-state index contributed by atoms with van der Waals surface area (Å²) in [5.41, 5.74) is 13.2. The van der Waals surface area contributed by atoms with Gasteiger partial charge in [0.15, 0.2) is 10.9 Å². The lowest BCUT2D eigenvalue weighted by molar-refractivity contribution is 0.591. The van der Waals surface area contributed by atoms with Gasteiger partial charge in [-0.15, -0.1) is 0 Å². The average Bonchev–Trinajstić information content (AvgIpc) is 4.01. The maximum Gasteiger partial charge on any atom is 0.197 e. The maximum atomic E-state index is 15.4. The number of fused-ring (bicyclic) bond motifs is 14. The van der Waals surface area contributed by atoms with Crippen molar-refractivity contribution in [1.29, 1.82) is 0 Å². The van der Waals surface area contributed by atoms with Crippen molar-refractivity contribution in [2.45, 2.75) is 52.4 Å². The van der Waals surface area contributed by atoms with Crippen molar-refractivity contribution < 1.29 is 0 Å². The van der Waals surface area contributed by atoms with Crippen LogP contribution in [-0.4, -0.2) is 18.1 Å². The Morgan fingerprint density at radius 2 is 0.643 bits per heavy atom. The Morgan fingerprint density at radius 1 is 0.286 bits per heavy atom. The molecule has 0 unspecified atom stereocenters. The molecule has 5 heterocycles. The maximum absolute atomic E-state index is 15.4. The summed E-state index contributed by atoms with van der Waals surface area (Å²) in [7, 11) is 0. The van der Waals surface area contributed by atoms with Crippen LogP contribution < -0.4 is 10.9 Å². The molecule has 0 amide bonds. The highest BCUT2D eigenvalue weighted by molar-refractivity contribution is 6.24. The molecule has 0 saturated heterocycles. The molecule has 9 aromatic carbocycles. The second-order valence-electron chi connectivity index (χ2n) is 21.3. The fraction of sp³-hybridized carbons (Fsp3) is 0.125. The summed E-state index contributed by atoms with van der Waals surface area (Å²) in [6.07, 6.45) is 0. The lowest BCUT2D eigenvalue weighted by atomic mass is 9.85. The van der Waals surface area contributed by atoms with Gasteiger partial charge in [-0.1, -0.05) is 139 Å². The van der Waals surface area contributed by atoms with Crippen LogP contribution in [0.25, 0.3) is 121 Å². The summed E-state index contributed by atoms with van der Waals surface area (Å²) in [6, 6.07) is 64.4. The summed E-state index contributed by atoms with van der Waals surface area (Å²) >= 11 is 0. The lowest BCUT2D eigenvalue weighted by Crippen LogP contribution is -2.18. The van der Waals surface area contributed by atoms with E-state index in [1.54, 1.807) is 0 Å². The third kappa shape index (κ3) is 5.50. The number of rotatable bonds is 3. The minimum atomic E-state index is -0.182. The molecule has 70 heavy (non-hydrogen) atoms. The van der Waals surface area contributed by atoms with E-state index in [0.29, 0.717) is 27.1 Å². The van der Waals surface area contributed by atoms with Gasteiger partial charge in [0.25, 0.3) is 0 Å². The second kappa shape index (κ2) is 14.1. The average molecular weight is 905 g/mol. The SMILES string of the molecule is CC(C)(C)c1ccc2c(c1)c(=O)c1cc(-n3c4ccccc4c4ccc5c6ccccc6n(-c6ccc(-n7c8ccccc8c8ccccc87)cc6)c5c43)cc3c(=O)c4cc(C(C)(C)C)ccc4n2c13. The number of nitrogens with zero attached hydrogens (tertiary/aromatic N) is 4. The third-order valence-electron chi connectivity index (χ3n) is 15.2. The first-order valence-corrected chi connectivity index (χ1v) is 24.3. The number of para-hydroxylation sites is 4. The normalized spacial score (nSPS) is 12.8. The van der Waals surface area contributed by atoms with Gasteiger partial charge in [-0.3, -0.25) is 9.59 Å². The van der Waals surface area contributed by atoms with Crippen molar-refractivity contribution >= 4 is 104 Å². The lowest BCUT2D eigenvalue weighted by Gasteiger charge is -2.22. The smallest absolute Gasteiger partial charge is 0.197 e. The molecule has 5 aromatic heterocycles. The summed E-state index contributed by atoms with van der Waals surface area (Å²) in [6.45, 7) is 13.1. The molecule has 6 nitrogen and oxygen atoms in total. The van der Waals surface area contributed by atoms with Crippen LogP contribution >= 0.6 is 0 Å². The number of hydrogen-bond acceptors (Lipinski definition) is 2. The van der Waals surface area contributed by atoms with Gasteiger partial charge in [-0.25, -0.2) is 0 Å². The van der Waals surface area contributed by atoms with E-state index in [4.69, 9.17) is 0 Å². The zero-order chi connectivity index (χ0) is 47.5. The Labute approximate surface area is 402 Å². The van der Waals surface area contributed by atoms with Crippen LogP contribution in [0.3, 0.4) is 0 Å². The molecule has 0 aliphatic heterocycles. The highest BCUT2D eigenvalue weighted by Gasteiger charge is 2.26. The predicted molar refractivity (Wildman–Crippen MR) is 294 cm³/mol. The molecule has 14 aromatic rings. The van der Waals surface area contributed by atoms with Crippen LogP contribution in [0.1, 0.15) is 52.7 Å². The summed E-state index contributed by atoms with van der Waals surface area (Å²) < 4.78 is 9.23. The van der Waals surface area contributed by atoms with Gasteiger partial charge < -0.3 is 18.1 Å². The molecule has 14 rings (SSSR count). The number of pyridine rings is 2. The Morgan fingerprint density at radius 3 is 1.06 bits per heavy atom. The number of aromatic nitrogens is 4. The largest absolute Gasteiger partial charge is 0.309 e. The Hall–Kier alpha value is -8.48. The first-order chi connectivity index (χ1) is 33.8. The van der Waals surface area contributed by atoms with E-state index in [1.807, 2.05) is 12.1 Å². The molecular weight excluding hydrogens is 857 g/mol. The summed E-state index contributed by atoms with van der Waals surface area (Å²) in [5, 5.41) is 9.19. The first-order valence-electron chi connectivity index (χ1n) is 24.3. The molecule has 0 atom stereocenters. The standard InChI is InChI=1S/C64H48N4O2/c1-63(2,3)37-23-31-56-48(33-37)61(69)50-35-41(36-51-58(50)68(56)57-32-24-38(64(4,5)6)34-49(57)62(51)70)67-55-22-14-10-18-45(55)47-30-29-46-44-17-9-13-21-54(44)66(59(46)60(47)67)40-27-25-39(26-28-40)65-52-19-11-7-15-42(52)43-16-8-12-20-53(43)65/h7-36H,1-6H3. The molecule has 0 N–H and O–H groups in total. The molecule has 0 aliphatic rings. The highest BCUT2D eigenvalue weighted by Crippen LogP contribution is 2.43. The van der Waals surface area contributed by atoms with Gasteiger partial charge in [0.2, 0.25) is 0 Å². The zero-order valence-corrected chi connectivity index (χ0v) is 39.9. The molecule has 0 saturated carbocycles. The molecule has 0 radical (unpaired) electrons. The minimum absolute atomic E-state index is 0.0821. The van der Waals surface area contributed by atoms with Crippen molar-refractivity contribution in [1.82, 2.24) is 18.1 Å². The predicted octanol–water partition coefficient (Wildman–Crippen LogP) is 15.4. The molecular formula is C64H48N4O2. The Kier molecular flexibility index (Phi) is 8.15. The van der Waals surface area contributed by atoms with Crippen LogP contribution in [0, 0.1) is 0 Å². The summed E-state index contributed by atoms with van der Waals surface area (Å²) in [5.74, 6) is 0.